The SMILES string of the molecule is O=C(CSc1nc2ccccc2s1)c1ccc2c(c1)CCC2. The zero-order valence-corrected chi connectivity index (χ0v) is 13.7. The minimum absolute atomic E-state index is 0.193. The third-order valence-corrected chi connectivity index (χ3v) is 6.20. The standard InChI is InChI=1S/C18H15NOS2/c20-16(14-9-8-12-4-3-5-13(12)10-14)11-21-18-19-15-6-1-2-7-17(15)22-18/h1-2,6-10H,3-5,11H2. The fourth-order valence-corrected chi connectivity index (χ4v) is 4.83. The maximum Gasteiger partial charge on any atom is 0.173 e. The van der Waals surface area contributed by atoms with Gasteiger partial charge in [0.15, 0.2) is 10.1 Å². The third kappa shape index (κ3) is 2.69. The second kappa shape index (κ2) is 5.86. The molecule has 0 N–H and O–H groups in total. The van der Waals surface area contributed by atoms with Crippen molar-refractivity contribution in [1.29, 1.82) is 0 Å². The lowest BCUT2D eigenvalue weighted by Gasteiger charge is -2.03. The van der Waals surface area contributed by atoms with Gasteiger partial charge in [-0.1, -0.05) is 36.0 Å². The number of aryl methyl sites for hydroxylation is 2. The number of benzene rings is 2. The molecule has 1 aliphatic rings. The number of rotatable bonds is 4. The monoisotopic (exact) mass is 325 g/mol. The predicted octanol–water partition coefficient (Wildman–Crippen LogP) is 4.76. The summed E-state index contributed by atoms with van der Waals surface area (Å²) >= 11 is 3.19. The highest BCUT2D eigenvalue weighted by molar-refractivity contribution is 8.01. The number of Topliss-reactive ketones (excluding diaryl/α,β-unsaturated/α-hetero) is 1. The Balaban J connectivity index is 1.47. The van der Waals surface area contributed by atoms with Gasteiger partial charge < -0.3 is 0 Å². The maximum absolute atomic E-state index is 12.4. The van der Waals surface area contributed by atoms with Crippen LogP contribution in [0.15, 0.2) is 46.8 Å². The first-order chi connectivity index (χ1) is 10.8. The van der Waals surface area contributed by atoms with Crippen molar-refractivity contribution in [1.82, 2.24) is 4.98 Å². The van der Waals surface area contributed by atoms with Crippen LogP contribution in [0.2, 0.25) is 0 Å². The Labute approximate surface area is 137 Å². The van der Waals surface area contributed by atoms with Crippen LogP contribution >= 0.6 is 23.1 Å². The Bertz CT molecular complexity index is 820. The van der Waals surface area contributed by atoms with Crippen LogP contribution in [0.1, 0.15) is 27.9 Å². The summed E-state index contributed by atoms with van der Waals surface area (Å²) in [5.74, 6) is 0.650. The molecule has 1 aromatic heterocycles. The number of para-hydroxylation sites is 1. The van der Waals surface area contributed by atoms with Gasteiger partial charge in [-0.3, -0.25) is 4.79 Å². The molecular formula is C18H15NOS2. The predicted molar refractivity (Wildman–Crippen MR) is 93.1 cm³/mol. The number of ketones is 1. The quantitative estimate of drug-likeness (QED) is 0.512. The number of nitrogens with zero attached hydrogens (tertiary/aromatic N) is 1. The van der Waals surface area contributed by atoms with E-state index in [2.05, 4.69) is 23.2 Å². The summed E-state index contributed by atoms with van der Waals surface area (Å²) in [6, 6.07) is 14.3. The van der Waals surface area contributed by atoms with Gasteiger partial charge in [-0.25, -0.2) is 4.98 Å². The number of carbonyl (C=O) groups excluding carboxylic acids is 1. The van der Waals surface area contributed by atoms with Crippen LogP contribution < -0.4 is 0 Å². The molecular weight excluding hydrogens is 310 g/mol. The molecule has 0 bridgehead atoms. The van der Waals surface area contributed by atoms with Crippen LogP contribution in [0.4, 0.5) is 0 Å². The topological polar surface area (TPSA) is 30.0 Å². The molecule has 2 nitrogen and oxygen atoms in total. The summed E-state index contributed by atoms with van der Waals surface area (Å²) in [4.78, 5) is 17.0. The van der Waals surface area contributed by atoms with Crippen LogP contribution in [0.5, 0.6) is 0 Å². The van der Waals surface area contributed by atoms with Crippen molar-refractivity contribution in [3.63, 3.8) is 0 Å². The van der Waals surface area contributed by atoms with Crippen molar-refractivity contribution >= 4 is 39.1 Å². The molecule has 3 aromatic rings. The summed E-state index contributed by atoms with van der Waals surface area (Å²) in [5, 5.41) is 0. The van der Waals surface area contributed by atoms with Gasteiger partial charge in [0.05, 0.1) is 16.0 Å². The number of thioether (sulfide) groups is 1. The van der Waals surface area contributed by atoms with E-state index in [4.69, 9.17) is 0 Å². The van der Waals surface area contributed by atoms with E-state index in [0.29, 0.717) is 5.75 Å². The van der Waals surface area contributed by atoms with E-state index in [-0.39, 0.29) is 5.78 Å². The van der Waals surface area contributed by atoms with Crippen molar-refractivity contribution in [2.75, 3.05) is 5.75 Å². The smallest absolute Gasteiger partial charge is 0.173 e. The Kier molecular flexibility index (Phi) is 3.72. The summed E-state index contributed by atoms with van der Waals surface area (Å²) in [5.41, 5.74) is 4.63. The number of aromatic nitrogens is 1. The lowest BCUT2D eigenvalue weighted by atomic mass is 10.0. The normalized spacial score (nSPS) is 13.5. The van der Waals surface area contributed by atoms with Crippen LogP contribution in [0, 0.1) is 0 Å². The summed E-state index contributed by atoms with van der Waals surface area (Å²) < 4.78 is 2.14. The first kappa shape index (κ1) is 14.0. The van der Waals surface area contributed by atoms with Crippen LogP contribution in [0.3, 0.4) is 0 Å². The molecule has 0 atom stereocenters. The molecule has 4 rings (SSSR count). The molecule has 0 spiro atoms. The van der Waals surface area contributed by atoms with Gasteiger partial charge in [0.25, 0.3) is 0 Å². The molecule has 0 unspecified atom stereocenters. The van der Waals surface area contributed by atoms with E-state index in [1.54, 1.807) is 23.1 Å². The van der Waals surface area contributed by atoms with Crippen LogP contribution in [-0.4, -0.2) is 16.5 Å². The molecule has 110 valence electrons. The minimum atomic E-state index is 0.193. The van der Waals surface area contributed by atoms with Gasteiger partial charge in [-0.05, 0) is 48.6 Å². The Hall–Kier alpha value is -1.65. The van der Waals surface area contributed by atoms with Crippen molar-refractivity contribution in [3.8, 4) is 0 Å². The van der Waals surface area contributed by atoms with Gasteiger partial charge in [-0.15, -0.1) is 11.3 Å². The Morgan fingerprint density at radius 2 is 2.00 bits per heavy atom. The van der Waals surface area contributed by atoms with Crippen molar-refractivity contribution in [3.05, 3.63) is 59.2 Å². The van der Waals surface area contributed by atoms with E-state index >= 15 is 0 Å². The van der Waals surface area contributed by atoms with E-state index in [0.717, 1.165) is 28.3 Å². The summed E-state index contributed by atoms with van der Waals surface area (Å²) in [7, 11) is 0. The lowest BCUT2D eigenvalue weighted by Crippen LogP contribution is -2.03. The fraction of sp³-hybridized carbons (Fsp3) is 0.222. The number of fused-ring (bicyclic) bond motifs is 2. The highest BCUT2D eigenvalue weighted by Crippen LogP contribution is 2.30. The second-order valence-electron chi connectivity index (χ2n) is 5.50. The highest BCUT2D eigenvalue weighted by Gasteiger charge is 2.14. The number of hydrogen-bond donors (Lipinski definition) is 0. The van der Waals surface area contributed by atoms with Crippen molar-refractivity contribution in [2.45, 2.75) is 23.6 Å². The largest absolute Gasteiger partial charge is 0.293 e. The van der Waals surface area contributed by atoms with Crippen molar-refractivity contribution < 1.29 is 4.79 Å². The zero-order chi connectivity index (χ0) is 14.9. The number of thiazole rings is 1. The van der Waals surface area contributed by atoms with Crippen LogP contribution in [0.25, 0.3) is 10.2 Å². The average Bonchev–Trinajstić information content (AvgIpc) is 3.17. The fourth-order valence-electron chi connectivity index (χ4n) is 2.87. The minimum Gasteiger partial charge on any atom is -0.293 e. The molecule has 22 heavy (non-hydrogen) atoms. The molecule has 0 aliphatic heterocycles. The van der Waals surface area contributed by atoms with E-state index < -0.39 is 0 Å². The molecule has 0 amide bonds. The molecule has 4 heteroatoms. The summed E-state index contributed by atoms with van der Waals surface area (Å²) in [6.45, 7) is 0. The molecule has 0 saturated carbocycles. The molecule has 1 heterocycles. The number of carbonyl (C=O) groups is 1. The molecule has 1 aliphatic carbocycles. The van der Waals surface area contributed by atoms with Gasteiger partial charge in [0, 0.05) is 5.56 Å². The lowest BCUT2D eigenvalue weighted by molar-refractivity contribution is 0.102. The van der Waals surface area contributed by atoms with Crippen molar-refractivity contribution in [2.24, 2.45) is 0 Å². The highest BCUT2D eigenvalue weighted by atomic mass is 32.2. The van der Waals surface area contributed by atoms with Gasteiger partial charge in [0.2, 0.25) is 0 Å². The number of hydrogen-bond acceptors (Lipinski definition) is 4. The average molecular weight is 325 g/mol. The summed E-state index contributed by atoms with van der Waals surface area (Å²) in [6.07, 6.45) is 3.49. The van der Waals surface area contributed by atoms with E-state index in [1.807, 2.05) is 24.3 Å². The van der Waals surface area contributed by atoms with E-state index in [1.165, 1.54) is 22.2 Å². The van der Waals surface area contributed by atoms with Gasteiger partial charge in [-0.2, -0.15) is 0 Å². The molecule has 0 fully saturated rings. The Morgan fingerprint density at radius 3 is 2.91 bits per heavy atom. The zero-order valence-electron chi connectivity index (χ0n) is 12.0. The molecule has 0 saturated heterocycles. The van der Waals surface area contributed by atoms with E-state index in [9.17, 15) is 4.79 Å². The molecule has 0 radical (unpaired) electrons. The third-order valence-electron chi connectivity index (χ3n) is 4.02. The first-order valence-electron chi connectivity index (χ1n) is 7.43. The van der Waals surface area contributed by atoms with Gasteiger partial charge in [0.1, 0.15) is 0 Å². The Morgan fingerprint density at radius 1 is 1.14 bits per heavy atom. The maximum atomic E-state index is 12.4. The second-order valence-corrected chi connectivity index (χ2v) is 7.75. The van der Waals surface area contributed by atoms with Gasteiger partial charge >= 0.3 is 0 Å². The first-order valence-corrected chi connectivity index (χ1v) is 9.23. The molecule has 2 aromatic carbocycles. The van der Waals surface area contributed by atoms with Crippen LogP contribution in [-0.2, 0) is 12.8 Å².